The van der Waals surface area contributed by atoms with E-state index in [1.54, 1.807) is 18.2 Å². The first-order valence-electron chi connectivity index (χ1n) is 6.17. The zero-order valence-electron chi connectivity index (χ0n) is 10.9. The van der Waals surface area contributed by atoms with Crippen LogP contribution in [0.5, 0.6) is 0 Å². The van der Waals surface area contributed by atoms with E-state index in [1.807, 2.05) is 24.3 Å². The monoisotopic (exact) mass is 281 g/mol. The summed E-state index contributed by atoms with van der Waals surface area (Å²) in [5.41, 5.74) is 7.67. The van der Waals surface area contributed by atoms with Gasteiger partial charge in [-0.2, -0.15) is 9.78 Å². The second kappa shape index (κ2) is 5.04. The van der Waals surface area contributed by atoms with E-state index in [-0.39, 0.29) is 11.6 Å². The van der Waals surface area contributed by atoms with Gasteiger partial charge in [-0.3, -0.25) is 10.1 Å². The molecule has 0 saturated heterocycles. The van der Waals surface area contributed by atoms with Crippen molar-refractivity contribution >= 4 is 28.9 Å². The van der Waals surface area contributed by atoms with Gasteiger partial charge in [0.2, 0.25) is 5.95 Å². The zero-order valence-corrected chi connectivity index (χ0v) is 10.9. The van der Waals surface area contributed by atoms with Gasteiger partial charge in [0.25, 0.3) is 5.69 Å². The first-order valence-corrected chi connectivity index (χ1v) is 6.17. The van der Waals surface area contributed by atoms with Crippen LogP contribution >= 0.6 is 0 Å². The number of fused-ring (bicyclic) bond motifs is 1. The molecule has 2 N–H and O–H groups in total. The highest BCUT2D eigenvalue weighted by Crippen LogP contribution is 2.18. The third-order valence-corrected chi connectivity index (χ3v) is 3.01. The van der Waals surface area contributed by atoms with Gasteiger partial charge >= 0.3 is 0 Å². The molecule has 0 spiro atoms. The van der Waals surface area contributed by atoms with Crippen LogP contribution < -0.4 is 5.73 Å². The SMILES string of the molecule is Nc1nc2ccccc2n1/N=C/c1ccccc1[N+](=O)[O-]. The predicted octanol–water partition coefficient (Wildman–Crippen LogP) is 2.41. The van der Waals surface area contributed by atoms with Crippen LogP contribution in [0.25, 0.3) is 11.0 Å². The smallest absolute Gasteiger partial charge is 0.278 e. The van der Waals surface area contributed by atoms with E-state index in [4.69, 9.17) is 5.73 Å². The van der Waals surface area contributed by atoms with Crippen LogP contribution in [0, 0.1) is 10.1 Å². The molecule has 0 aliphatic rings. The van der Waals surface area contributed by atoms with E-state index in [1.165, 1.54) is 17.0 Å². The molecular weight excluding hydrogens is 270 g/mol. The molecule has 0 saturated carbocycles. The molecule has 0 amide bonds. The van der Waals surface area contributed by atoms with Crippen molar-refractivity contribution in [3.63, 3.8) is 0 Å². The number of nitrogens with two attached hydrogens (primary N) is 1. The lowest BCUT2D eigenvalue weighted by molar-refractivity contribution is -0.385. The lowest BCUT2D eigenvalue weighted by Crippen LogP contribution is -1.99. The topological polar surface area (TPSA) is 99.3 Å². The van der Waals surface area contributed by atoms with E-state index >= 15 is 0 Å². The Morgan fingerprint density at radius 3 is 2.71 bits per heavy atom. The summed E-state index contributed by atoms with van der Waals surface area (Å²) in [6.45, 7) is 0. The summed E-state index contributed by atoms with van der Waals surface area (Å²) in [7, 11) is 0. The number of hydrogen-bond acceptors (Lipinski definition) is 5. The highest BCUT2D eigenvalue weighted by molar-refractivity contribution is 5.86. The zero-order chi connectivity index (χ0) is 14.8. The number of nitrogen functional groups attached to an aromatic ring is 1. The first-order chi connectivity index (χ1) is 10.2. The summed E-state index contributed by atoms with van der Waals surface area (Å²) in [6, 6.07) is 13.7. The number of hydrogen-bond donors (Lipinski definition) is 1. The van der Waals surface area contributed by atoms with Crippen LogP contribution in [-0.4, -0.2) is 20.8 Å². The van der Waals surface area contributed by atoms with Gasteiger partial charge in [0.15, 0.2) is 0 Å². The Morgan fingerprint density at radius 1 is 1.19 bits per heavy atom. The van der Waals surface area contributed by atoms with Crippen molar-refractivity contribution in [2.24, 2.45) is 5.10 Å². The fourth-order valence-corrected chi connectivity index (χ4v) is 2.04. The van der Waals surface area contributed by atoms with Gasteiger partial charge in [0.1, 0.15) is 0 Å². The van der Waals surface area contributed by atoms with E-state index in [0.29, 0.717) is 5.56 Å². The van der Waals surface area contributed by atoms with Crippen molar-refractivity contribution in [2.45, 2.75) is 0 Å². The molecule has 2 aromatic carbocycles. The molecule has 21 heavy (non-hydrogen) atoms. The van der Waals surface area contributed by atoms with E-state index in [9.17, 15) is 10.1 Å². The average molecular weight is 281 g/mol. The van der Waals surface area contributed by atoms with Gasteiger partial charge < -0.3 is 5.73 Å². The molecule has 0 atom stereocenters. The third kappa shape index (κ3) is 2.32. The van der Waals surface area contributed by atoms with Crippen molar-refractivity contribution in [3.8, 4) is 0 Å². The van der Waals surface area contributed by atoms with Gasteiger partial charge in [-0.1, -0.05) is 24.3 Å². The van der Waals surface area contributed by atoms with Gasteiger partial charge in [0, 0.05) is 6.07 Å². The second-order valence-electron chi connectivity index (χ2n) is 4.33. The largest absolute Gasteiger partial charge is 0.368 e. The Labute approximate surface area is 119 Å². The van der Waals surface area contributed by atoms with Gasteiger partial charge in [-0.25, -0.2) is 4.98 Å². The molecule has 0 unspecified atom stereocenters. The minimum atomic E-state index is -0.448. The number of nitrogens with zero attached hydrogens (tertiary/aromatic N) is 4. The molecule has 0 bridgehead atoms. The summed E-state index contributed by atoms with van der Waals surface area (Å²) in [6.07, 6.45) is 1.41. The Morgan fingerprint density at radius 2 is 1.90 bits per heavy atom. The second-order valence-corrected chi connectivity index (χ2v) is 4.33. The standard InChI is InChI=1S/C14H11N5O2/c15-14-17-11-6-2-4-8-13(11)18(14)16-9-10-5-1-3-7-12(10)19(20)21/h1-9H,(H2,15,17)/b16-9+. The summed E-state index contributed by atoms with van der Waals surface area (Å²) >= 11 is 0. The fraction of sp³-hybridized carbons (Fsp3) is 0. The summed E-state index contributed by atoms with van der Waals surface area (Å²) in [5, 5.41) is 15.2. The number of benzene rings is 2. The Kier molecular flexibility index (Phi) is 3.07. The molecule has 1 aromatic heterocycles. The number of anilines is 1. The van der Waals surface area contributed by atoms with Gasteiger partial charge in [0.05, 0.1) is 27.7 Å². The van der Waals surface area contributed by atoms with E-state index in [0.717, 1.165) is 11.0 Å². The summed E-state index contributed by atoms with van der Waals surface area (Å²) in [4.78, 5) is 14.7. The Hall–Kier alpha value is -3.22. The van der Waals surface area contributed by atoms with Crippen molar-refractivity contribution in [1.29, 1.82) is 0 Å². The van der Waals surface area contributed by atoms with Crippen LogP contribution in [0.15, 0.2) is 53.6 Å². The van der Waals surface area contributed by atoms with Crippen molar-refractivity contribution in [2.75, 3.05) is 5.73 Å². The molecular formula is C14H11N5O2. The number of nitro benzene ring substituents is 1. The molecule has 0 aliphatic carbocycles. The minimum absolute atomic E-state index is 0.00996. The van der Waals surface area contributed by atoms with Crippen LogP contribution in [0.4, 0.5) is 11.6 Å². The van der Waals surface area contributed by atoms with Crippen LogP contribution in [0.3, 0.4) is 0 Å². The number of rotatable bonds is 3. The minimum Gasteiger partial charge on any atom is -0.368 e. The van der Waals surface area contributed by atoms with Crippen molar-refractivity contribution in [1.82, 2.24) is 9.66 Å². The highest BCUT2D eigenvalue weighted by Gasteiger charge is 2.11. The molecule has 1 heterocycles. The first kappa shape index (κ1) is 12.8. The summed E-state index contributed by atoms with van der Waals surface area (Å²) < 4.78 is 1.45. The normalized spacial score (nSPS) is 11.2. The summed E-state index contributed by atoms with van der Waals surface area (Å²) in [5.74, 6) is 0.228. The maximum Gasteiger partial charge on any atom is 0.278 e. The Bertz CT molecular complexity index is 853. The quantitative estimate of drug-likeness (QED) is 0.452. The Balaban J connectivity index is 2.07. The van der Waals surface area contributed by atoms with E-state index < -0.39 is 4.92 Å². The predicted molar refractivity (Wildman–Crippen MR) is 80.2 cm³/mol. The maximum atomic E-state index is 11.0. The van der Waals surface area contributed by atoms with Crippen molar-refractivity contribution < 1.29 is 4.92 Å². The van der Waals surface area contributed by atoms with Gasteiger partial charge in [-0.15, -0.1) is 0 Å². The highest BCUT2D eigenvalue weighted by atomic mass is 16.6. The maximum absolute atomic E-state index is 11.0. The van der Waals surface area contributed by atoms with Crippen molar-refractivity contribution in [3.05, 3.63) is 64.2 Å². The molecule has 7 nitrogen and oxygen atoms in total. The molecule has 3 aromatic rings. The molecule has 0 radical (unpaired) electrons. The fourth-order valence-electron chi connectivity index (χ4n) is 2.04. The molecule has 104 valence electrons. The molecule has 3 rings (SSSR count). The number of para-hydroxylation sites is 3. The molecule has 7 heteroatoms. The molecule has 0 aliphatic heterocycles. The van der Waals surface area contributed by atoms with Crippen LogP contribution in [0.1, 0.15) is 5.56 Å². The average Bonchev–Trinajstić information content (AvgIpc) is 2.81. The van der Waals surface area contributed by atoms with Crippen LogP contribution in [0.2, 0.25) is 0 Å². The number of aromatic nitrogens is 2. The van der Waals surface area contributed by atoms with Crippen LogP contribution in [-0.2, 0) is 0 Å². The number of imidazole rings is 1. The lowest BCUT2D eigenvalue weighted by Gasteiger charge is -1.99. The molecule has 0 fully saturated rings. The number of nitro groups is 1. The van der Waals surface area contributed by atoms with Gasteiger partial charge in [-0.05, 0) is 18.2 Å². The third-order valence-electron chi connectivity index (χ3n) is 3.01. The van der Waals surface area contributed by atoms with E-state index in [2.05, 4.69) is 10.1 Å². The lowest BCUT2D eigenvalue weighted by atomic mass is 10.2.